The van der Waals surface area contributed by atoms with Crippen molar-refractivity contribution in [2.24, 2.45) is 0 Å². The van der Waals surface area contributed by atoms with E-state index in [1.54, 1.807) is 0 Å². The molecule has 18 heavy (non-hydrogen) atoms. The van der Waals surface area contributed by atoms with E-state index in [0.29, 0.717) is 5.73 Å². The third-order valence-corrected chi connectivity index (χ3v) is 10.2. The Morgan fingerprint density at radius 2 is 1.28 bits per heavy atom. The van der Waals surface area contributed by atoms with E-state index in [9.17, 15) is 0 Å². The van der Waals surface area contributed by atoms with Crippen molar-refractivity contribution in [2.45, 2.75) is 84.1 Å². The Bertz CT molecular complexity index is 254. The van der Waals surface area contributed by atoms with Gasteiger partial charge in [0.25, 0.3) is 0 Å². The van der Waals surface area contributed by atoms with Crippen molar-refractivity contribution in [1.29, 1.82) is 0 Å². The van der Waals surface area contributed by atoms with Gasteiger partial charge in [-0.05, 0) is 46.1 Å². The fourth-order valence-electron chi connectivity index (χ4n) is 2.01. The second-order valence-electron chi connectivity index (χ2n) is 7.86. The zero-order valence-electron chi connectivity index (χ0n) is 14.2. The first-order valence-corrected chi connectivity index (χ1v) is 17.1. The summed E-state index contributed by atoms with van der Waals surface area (Å²) in [6.07, 6.45) is 1.13. The van der Waals surface area contributed by atoms with Crippen LogP contribution in [0.15, 0.2) is 0 Å². The standard InChI is InChI=1S/C13H34O2Si3/c1-11-13(16(3,4)5)15-18(9,10)12(2)14-17(6,7)8/h12-13H,11H2,1-10H3. The van der Waals surface area contributed by atoms with Crippen LogP contribution >= 0.6 is 0 Å². The van der Waals surface area contributed by atoms with Crippen molar-refractivity contribution in [3.05, 3.63) is 0 Å². The van der Waals surface area contributed by atoms with E-state index < -0.39 is 24.7 Å². The molecule has 0 heterocycles. The summed E-state index contributed by atoms with van der Waals surface area (Å²) >= 11 is 0. The van der Waals surface area contributed by atoms with Crippen LogP contribution in [-0.4, -0.2) is 36.2 Å². The molecule has 5 heteroatoms. The van der Waals surface area contributed by atoms with Crippen LogP contribution in [0.25, 0.3) is 0 Å². The Morgan fingerprint density at radius 1 is 0.833 bits per heavy atom. The van der Waals surface area contributed by atoms with Gasteiger partial charge in [-0.2, -0.15) is 0 Å². The van der Waals surface area contributed by atoms with E-state index in [1.165, 1.54) is 0 Å². The van der Waals surface area contributed by atoms with Gasteiger partial charge < -0.3 is 8.85 Å². The minimum atomic E-state index is -1.76. The highest BCUT2D eigenvalue weighted by Gasteiger charge is 2.39. The van der Waals surface area contributed by atoms with Gasteiger partial charge in [0.1, 0.15) is 0 Å². The highest BCUT2D eigenvalue weighted by molar-refractivity contribution is 6.80. The van der Waals surface area contributed by atoms with Gasteiger partial charge in [0.2, 0.25) is 8.32 Å². The van der Waals surface area contributed by atoms with E-state index in [4.69, 9.17) is 8.85 Å². The summed E-state index contributed by atoms with van der Waals surface area (Å²) in [7, 11) is -4.47. The van der Waals surface area contributed by atoms with Gasteiger partial charge in [0, 0.05) is 5.73 Å². The van der Waals surface area contributed by atoms with Gasteiger partial charge in [0.05, 0.1) is 13.8 Å². The van der Waals surface area contributed by atoms with Gasteiger partial charge in [-0.1, -0.05) is 26.6 Å². The van der Waals surface area contributed by atoms with Crippen LogP contribution < -0.4 is 0 Å². The molecule has 0 saturated carbocycles. The average Bonchev–Trinajstić information content (AvgIpc) is 2.09. The van der Waals surface area contributed by atoms with Crippen molar-refractivity contribution in [1.82, 2.24) is 0 Å². The third-order valence-electron chi connectivity index (χ3n) is 3.29. The van der Waals surface area contributed by atoms with Gasteiger partial charge >= 0.3 is 0 Å². The van der Waals surface area contributed by atoms with Crippen molar-refractivity contribution in [3.63, 3.8) is 0 Å². The van der Waals surface area contributed by atoms with Crippen LogP contribution in [0, 0.1) is 0 Å². The van der Waals surface area contributed by atoms with Crippen molar-refractivity contribution >= 4 is 24.7 Å². The number of hydrogen-bond acceptors (Lipinski definition) is 2. The molecule has 0 aromatic heterocycles. The zero-order chi connectivity index (χ0) is 14.8. The summed E-state index contributed by atoms with van der Waals surface area (Å²) < 4.78 is 12.8. The lowest BCUT2D eigenvalue weighted by Gasteiger charge is -2.40. The van der Waals surface area contributed by atoms with Crippen LogP contribution in [0.5, 0.6) is 0 Å². The molecular weight excluding hydrogens is 272 g/mol. The minimum Gasteiger partial charge on any atom is -0.415 e. The summed E-state index contributed by atoms with van der Waals surface area (Å²) in [5.74, 6) is 0. The van der Waals surface area contributed by atoms with Crippen molar-refractivity contribution < 1.29 is 8.85 Å². The summed E-state index contributed by atoms with van der Waals surface area (Å²) in [6.45, 7) is 23.0. The fourth-order valence-corrected chi connectivity index (χ4v) is 9.91. The molecule has 0 aliphatic rings. The summed E-state index contributed by atoms with van der Waals surface area (Å²) in [5.41, 5.74) is 0.751. The first-order valence-electron chi connectivity index (χ1n) is 7.15. The molecular formula is C13H34O2Si3. The molecule has 0 amide bonds. The maximum atomic E-state index is 6.56. The molecule has 2 unspecified atom stereocenters. The predicted molar refractivity (Wildman–Crippen MR) is 89.9 cm³/mol. The molecule has 2 nitrogen and oxygen atoms in total. The highest BCUT2D eigenvalue weighted by Crippen LogP contribution is 2.24. The first-order chi connectivity index (χ1) is 7.79. The maximum Gasteiger partial charge on any atom is 0.213 e. The van der Waals surface area contributed by atoms with Gasteiger partial charge in [-0.15, -0.1) is 0 Å². The Balaban J connectivity index is 4.72. The molecule has 2 atom stereocenters. The molecule has 0 aliphatic carbocycles. The average molecular weight is 307 g/mol. The van der Waals surface area contributed by atoms with Crippen LogP contribution in [-0.2, 0) is 8.85 Å². The largest absolute Gasteiger partial charge is 0.415 e. The minimum absolute atomic E-state index is 0.287. The third kappa shape index (κ3) is 6.65. The lowest BCUT2D eigenvalue weighted by atomic mass is 10.5. The second-order valence-corrected chi connectivity index (χ2v) is 21.9. The maximum absolute atomic E-state index is 6.56. The number of rotatable bonds is 7. The van der Waals surface area contributed by atoms with Crippen LogP contribution in [0.3, 0.4) is 0 Å². The van der Waals surface area contributed by atoms with Crippen molar-refractivity contribution in [3.8, 4) is 0 Å². The number of hydrogen-bond donors (Lipinski definition) is 0. The second kappa shape index (κ2) is 6.35. The SMILES string of the molecule is CCC(O[Si](C)(C)C(C)O[Si](C)(C)C)[Si](C)(C)C. The molecule has 110 valence electrons. The summed E-state index contributed by atoms with van der Waals surface area (Å²) in [6, 6.07) is 0. The van der Waals surface area contributed by atoms with Crippen LogP contribution in [0.1, 0.15) is 20.3 Å². The summed E-state index contributed by atoms with van der Waals surface area (Å²) in [5, 5.41) is 0. The Morgan fingerprint density at radius 3 is 1.56 bits per heavy atom. The van der Waals surface area contributed by atoms with Crippen molar-refractivity contribution in [2.75, 3.05) is 0 Å². The van der Waals surface area contributed by atoms with E-state index in [0.717, 1.165) is 6.42 Å². The molecule has 0 bridgehead atoms. The first kappa shape index (κ1) is 18.6. The quantitative estimate of drug-likeness (QED) is 0.638. The normalized spacial score (nSPS) is 17.7. The molecule has 0 radical (unpaired) electrons. The van der Waals surface area contributed by atoms with Gasteiger partial charge in [-0.3, -0.25) is 0 Å². The molecule has 0 spiro atoms. The Hall–Kier alpha value is 0.571. The Labute approximate surface area is 118 Å². The smallest absolute Gasteiger partial charge is 0.213 e. The summed E-state index contributed by atoms with van der Waals surface area (Å²) in [4.78, 5) is 0. The topological polar surface area (TPSA) is 18.5 Å². The lowest BCUT2D eigenvalue weighted by molar-refractivity contribution is 0.195. The van der Waals surface area contributed by atoms with E-state index >= 15 is 0 Å². The molecule has 0 fully saturated rings. The van der Waals surface area contributed by atoms with E-state index in [-0.39, 0.29) is 5.73 Å². The fraction of sp³-hybridized carbons (Fsp3) is 1.00. The lowest BCUT2D eigenvalue weighted by Crippen LogP contribution is -2.54. The molecule has 0 N–H and O–H groups in total. The molecule has 0 aromatic carbocycles. The zero-order valence-corrected chi connectivity index (χ0v) is 17.2. The van der Waals surface area contributed by atoms with E-state index in [1.807, 2.05) is 0 Å². The van der Waals surface area contributed by atoms with E-state index in [2.05, 4.69) is 66.2 Å². The highest BCUT2D eigenvalue weighted by atomic mass is 28.4. The predicted octanol–water partition coefficient (Wildman–Crippen LogP) is 4.64. The van der Waals surface area contributed by atoms with Crippen LogP contribution in [0.2, 0.25) is 52.4 Å². The van der Waals surface area contributed by atoms with Gasteiger partial charge in [-0.25, -0.2) is 0 Å². The monoisotopic (exact) mass is 306 g/mol. The van der Waals surface area contributed by atoms with Crippen LogP contribution in [0.4, 0.5) is 0 Å². The molecule has 0 aliphatic heterocycles. The van der Waals surface area contributed by atoms with Gasteiger partial charge in [0.15, 0.2) is 8.32 Å². The molecule has 0 saturated heterocycles. The molecule has 0 aromatic rings. The molecule has 0 rings (SSSR count). The Kier molecular flexibility index (Phi) is 6.55.